The van der Waals surface area contributed by atoms with Crippen molar-refractivity contribution in [3.63, 3.8) is 0 Å². The predicted octanol–water partition coefficient (Wildman–Crippen LogP) is -0.467. The van der Waals surface area contributed by atoms with Gasteiger partial charge in [-0.2, -0.15) is 5.10 Å². The fourth-order valence-corrected chi connectivity index (χ4v) is 1.81. The summed E-state index contributed by atoms with van der Waals surface area (Å²) in [6.07, 6.45) is -0.276. The Kier molecular flexibility index (Phi) is 8.32. The minimum Gasteiger partial charge on any atom is -0.496 e. The Bertz CT molecular complexity index is 763. The van der Waals surface area contributed by atoms with Crippen LogP contribution in [0.15, 0.2) is 23.3 Å². The number of benzene rings is 1. The van der Waals surface area contributed by atoms with E-state index >= 15 is 0 Å². The molecule has 0 aromatic heterocycles. The lowest BCUT2D eigenvalue weighted by Gasteiger charge is -2.07. The van der Waals surface area contributed by atoms with Crippen molar-refractivity contribution < 1.29 is 29.2 Å². The molecule has 0 spiro atoms. The average Bonchev–Trinajstić information content (AvgIpc) is 2.63. The van der Waals surface area contributed by atoms with E-state index in [-0.39, 0.29) is 42.4 Å². The quantitative estimate of drug-likeness (QED) is 0.204. The molecule has 146 valence electrons. The zero-order valence-corrected chi connectivity index (χ0v) is 14.6. The van der Waals surface area contributed by atoms with Crippen LogP contribution in [0, 0.1) is 10.1 Å². The van der Waals surface area contributed by atoms with Crippen molar-refractivity contribution in [1.82, 2.24) is 10.7 Å². The van der Waals surface area contributed by atoms with Gasteiger partial charge in [-0.15, -0.1) is 0 Å². The van der Waals surface area contributed by atoms with Crippen LogP contribution in [0.5, 0.6) is 5.75 Å². The highest BCUT2D eigenvalue weighted by Crippen LogP contribution is 2.28. The second kappa shape index (κ2) is 10.5. The molecular formula is C15H19N5O7. The number of nitro groups is 1. The van der Waals surface area contributed by atoms with E-state index < -0.39 is 22.6 Å². The second-order valence-electron chi connectivity index (χ2n) is 5.13. The van der Waals surface area contributed by atoms with Gasteiger partial charge < -0.3 is 20.5 Å². The van der Waals surface area contributed by atoms with Crippen LogP contribution in [0.1, 0.15) is 13.3 Å². The lowest BCUT2D eigenvalue weighted by atomic mass is 10.2. The summed E-state index contributed by atoms with van der Waals surface area (Å²) in [5.74, 6) is -2.39. The van der Waals surface area contributed by atoms with Crippen LogP contribution in [0.4, 0.5) is 11.4 Å². The lowest BCUT2D eigenvalue weighted by Crippen LogP contribution is -2.39. The average molecular weight is 381 g/mol. The molecule has 0 atom stereocenters. The standard InChI is InChI=1S/C15H19N5O7/c1-9(18-19-15(24)14(23)16-5-6-21)7-13(22)17-11-4-3-10(27-2)8-12(11)20(25)26/h3-4,8,21H,5-7H2,1-2H3,(H,16,23)(H,17,22)(H,19,24)/b18-9+. The van der Waals surface area contributed by atoms with Crippen molar-refractivity contribution >= 4 is 34.8 Å². The van der Waals surface area contributed by atoms with Crippen LogP contribution >= 0.6 is 0 Å². The maximum Gasteiger partial charge on any atom is 0.329 e. The van der Waals surface area contributed by atoms with Crippen molar-refractivity contribution in [1.29, 1.82) is 0 Å². The Morgan fingerprint density at radius 2 is 2.00 bits per heavy atom. The molecular weight excluding hydrogens is 362 g/mol. The summed E-state index contributed by atoms with van der Waals surface area (Å²) in [5, 5.41) is 27.7. The largest absolute Gasteiger partial charge is 0.496 e. The van der Waals surface area contributed by atoms with Crippen LogP contribution in [0.25, 0.3) is 0 Å². The number of aliphatic hydroxyl groups is 1. The molecule has 0 fully saturated rings. The SMILES string of the molecule is COc1ccc(NC(=O)C/C(C)=N/NC(=O)C(=O)NCCO)c([N+](=O)[O-])c1. The van der Waals surface area contributed by atoms with Crippen molar-refractivity contribution in [3.8, 4) is 5.75 Å². The highest BCUT2D eigenvalue weighted by Gasteiger charge is 2.18. The molecule has 12 nitrogen and oxygen atoms in total. The summed E-state index contributed by atoms with van der Waals surface area (Å²) in [4.78, 5) is 45.1. The number of nitro benzene ring substituents is 1. The first-order valence-corrected chi connectivity index (χ1v) is 7.63. The zero-order chi connectivity index (χ0) is 20.4. The summed E-state index contributed by atoms with van der Waals surface area (Å²) in [7, 11) is 1.36. The van der Waals surface area contributed by atoms with Gasteiger partial charge in [0.05, 0.1) is 31.1 Å². The molecule has 1 aromatic carbocycles. The normalized spacial score (nSPS) is 10.7. The van der Waals surface area contributed by atoms with Crippen LogP contribution in [0.2, 0.25) is 0 Å². The number of anilines is 1. The number of carbonyl (C=O) groups excluding carboxylic acids is 3. The molecule has 0 radical (unpaired) electrons. The number of nitrogens with one attached hydrogen (secondary N) is 3. The third-order valence-corrected chi connectivity index (χ3v) is 3.04. The van der Waals surface area contributed by atoms with Gasteiger partial charge >= 0.3 is 11.8 Å². The Labute approximate surface area is 153 Å². The van der Waals surface area contributed by atoms with Gasteiger partial charge in [0.15, 0.2) is 0 Å². The minimum absolute atomic E-state index is 0.0222. The van der Waals surface area contributed by atoms with Gasteiger partial charge in [0, 0.05) is 12.3 Å². The van der Waals surface area contributed by atoms with Gasteiger partial charge in [0.1, 0.15) is 11.4 Å². The molecule has 0 aliphatic carbocycles. The number of amides is 3. The highest BCUT2D eigenvalue weighted by atomic mass is 16.6. The van der Waals surface area contributed by atoms with Crippen molar-refractivity contribution in [2.45, 2.75) is 13.3 Å². The van der Waals surface area contributed by atoms with E-state index in [1.54, 1.807) is 0 Å². The Balaban J connectivity index is 2.67. The summed E-state index contributed by atoms with van der Waals surface area (Å²) in [5.41, 5.74) is 1.75. The third kappa shape index (κ3) is 7.07. The molecule has 27 heavy (non-hydrogen) atoms. The highest BCUT2D eigenvalue weighted by molar-refractivity contribution is 6.35. The summed E-state index contributed by atoms with van der Waals surface area (Å²) in [6.45, 7) is 1.02. The molecule has 0 bridgehead atoms. The van der Waals surface area contributed by atoms with Gasteiger partial charge in [0.25, 0.3) is 5.69 Å². The molecule has 0 aliphatic rings. The Morgan fingerprint density at radius 3 is 2.59 bits per heavy atom. The van der Waals surface area contributed by atoms with E-state index in [2.05, 4.69) is 15.7 Å². The third-order valence-electron chi connectivity index (χ3n) is 3.04. The van der Waals surface area contributed by atoms with Gasteiger partial charge in [-0.25, -0.2) is 5.43 Å². The number of methoxy groups -OCH3 is 1. The monoisotopic (exact) mass is 381 g/mol. The maximum atomic E-state index is 12.0. The number of aliphatic hydroxyl groups excluding tert-OH is 1. The van der Waals surface area contributed by atoms with Gasteiger partial charge in [-0.05, 0) is 19.1 Å². The molecule has 12 heteroatoms. The number of ether oxygens (including phenoxy) is 1. The second-order valence-corrected chi connectivity index (χ2v) is 5.13. The first-order chi connectivity index (χ1) is 12.8. The number of nitrogens with zero attached hydrogens (tertiary/aromatic N) is 2. The topological polar surface area (TPSA) is 172 Å². The molecule has 0 saturated heterocycles. The smallest absolute Gasteiger partial charge is 0.329 e. The van der Waals surface area contributed by atoms with E-state index in [1.165, 1.54) is 32.2 Å². The molecule has 0 aliphatic heterocycles. The van der Waals surface area contributed by atoms with E-state index in [0.29, 0.717) is 0 Å². The summed E-state index contributed by atoms with van der Waals surface area (Å²) < 4.78 is 4.90. The Morgan fingerprint density at radius 1 is 1.30 bits per heavy atom. The molecule has 0 unspecified atom stereocenters. The fourth-order valence-electron chi connectivity index (χ4n) is 1.81. The number of carbonyl (C=O) groups is 3. The van der Waals surface area contributed by atoms with Gasteiger partial charge in [-0.3, -0.25) is 24.5 Å². The van der Waals surface area contributed by atoms with E-state index in [0.717, 1.165) is 0 Å². The van der Waals surface area contributed by atoms with Crippen LogP contribution in [0.3, 0.4) is 0 Å². The first kappa shape index (κ1) is 21.5. The van der Waals surface area contributed by atoms with E-state index in [1.807, 2.05) is 5.43 Å². The summed E-state index contributed by atoms with van der Waals surface area (Å²) in [6, 6.07) is 3.95. The molecule has 3 amide bonds. The molecule has 0 saturated carbocycles. The Hall–Kier alpha value is -3.54. The minimum atomic E-state index is -1.06. The van der Waals surface area contributed by atoms with Crippen molar-refractivity contribution in [2.75, 3.05) is 25.6 Å². The lowest BCUT2D eigenvalue weighted by molar-refractivity contribution is -0.384. The van der Waals surface area contributed by atoms with Gasteiger partial charge in [0.2, 0.25) is 5.91 Å². The number of hydrogen-bond donors (Lipinski definition) is 4. The van der Waals surface area contributed by atoms with Crippen LogP contribution in [-0.2, 0) is 14.4 Å². The molecule has 4 N–H and O–H groups in total. The molecule has 1 rings (SSSR count). The summed E-state index contributed by atoms with van der Waals surface area (Å²) >= 11 is 0. The predicted molar refractivity (Wildman–Crippen MR) is 94.2 cm³/mol. The first-order valence-electron chi connectivity index (χ1n) is 7.63. The van der Waals surface area contributed by atoms with Crippen molar-refractivity contribution in [3.05, 3.63) is 28.3 Å². The maximum absolute atomic E-state index is 12.0. The molecule has 1 aromatic rings. The van der Waals surface area contributed by atoms with Crippen LogP contribution in [-0.4, -0.2) is 53.7 Å². The van der Waals surface area contributed by atoms with Crippen molar-refractivity contribution in [2.24, 2.45) is 5.10 Å². The molecule has 0 heterocycles. The van der Waals surface area contributed by atoms with Gasteiger partial charge in [-0.1, -0.05) is 0 Å². The van der Waals surface area contributed by atoms with Crippen LogP contribution < -0.4 is 20.8 Å². The zero-order valence-electron chi connectivity index (χ0n) is 14.6. The number of hydrogen-bond acceptors (Lipinski definition) is 8. The van der Waals surface area contributed by atoms with E-state index in [4.69, 9.17) is 9.84 Å². The number of rotatable bonds is 8. The fraction of sp³-hybridized carbons (Fsp3) is 0.333. The number of hydrazone groups is 1. The van der Waals surface area contributed by atoms with E-state index in [9.17, 15) is 24.5 Å².